The first-order chi connectivity index (χ1) is 15.5. The Morgan fingerprint density at radius 2 is 1.42 bits per heavy atom. The molecule has 13 heteroatoms. The molecule has 0 unspecified atom stereocenters. The number of ether oxygens (including phenoxy) is 5. The van der Waals surface area contributed by atoms with Crippen molar-refractivity contribution in [1.82, 2.24) is 0 Å². The second-order valence-corrected chi connectivity index (χ2v) is 8.25. The summed E-state index contributed by atoms with van der Waals surface area (Å²) >= 11 is 0.952. The van der Waals surface area contributed by atoms with Crippen LogP contribution in [0.5, 0.6) is 5.75 Å². The molecule has 5 atom stereocenters. The molecule has 0 N–H and O–H groups in total. The van der Waals surface area contributed by atoms with Gasteiger partial charge >= 0.3 is 29.6 Å². The number of nitrogens with zero attached hydrogens (tertiary/aromatic N) is 1. The van der Waals surface area contributed by atoms with Gasteiger partial charge in [0.2, 0.25) is 0 Å². The summed E-state index contributed by atoms with van der Waals surface area (Å²) in [4.78, 5) is 57.5. The van der Waals surface area contributed by atoms with Gasteiger partial charge in [0, 0.05) is 33.8 Å². The second-order valence-electron chi connectivity index (χ2n) is 6.91. The van der Waals surface area contributed by atoms with Crippen LogP contribution in [0.25, 0.3) is 0 Å². The molecule has 1 heterocycles. The zero-order valence-corrected chi connectivity index (χ0v) is 19.1. The Bertz CT molecular complexity index is 921. The summed E-state index contributed by atoms with van der Waals surface area (Å²) in [6, 6.07) is 5.54. The second kappa shape index (κ2) is 11.5. The topological polar surface area (TPSA) is 158 Å². The molecule has 0 amide bonds. The number of thioether (sulfide) groups is 1. The van der Waals surface area contributed by atoms with Crippen LogP contribution in [-0.2, 0) is 38.1 Å². The maximum absolute atomic E-state index is 11.8. The van der Waals surface area contributed by atoms with Crippen LogP contribution in [0, 0.1) is 10.1 Å². The summed E-state index contributed by atoms with van der Waals surface area (Å²) in [5.74, 6) is -2.98. The lowest BCUT2D eigenvalue weighted by Crippen LogP contribution is -2.59. The number of carbonyl (C=O) groups excluding carboxylic acids is 4. The molecule has 0 radical (unpaired) electrons. The van der Waals surface area contributed by atoms with Crippen LogP contribution < -0.4 is 4.74 Å². The fraction of sp³-hybridized carbons (Fsp3) is 0.500. The standard InChI is InChI=1S/C20H23NO11S/c1-10(22)28-9-16-17(29-11(2)23)18(30-12(3)24)19(31-13(4)25)20(33-16)32-15-8-6-5-7-14(15)21(26)27/h5-8,16-20H,9H2,1-4H3/t16-,17+,18-,19+,20-/m0/s1. The van der Waals surface area contributed by atoms with E-state index in [4.69, 9.17) is 23.7 Å². The van der Waals surface area contributed by atoms with Gasteiger partial charge in [-0.2, -0.15) is 0 Å². The molecule has 2 rings (SSSR count). The molecular weight excluding hydrogens is 462 g/mol. The summed E-state index contributed by atoms with van der Waals surface area (Å²) in [6.07, 6.45) is -3.83. The summed E-state index contributed by atoms with van der Waals surface area (Å²) in [5, 5.41) is 10.6. The van der Waals surface area contributed by atoms with Crippen molar-refractivity contribution in [2.45, 2.75) is 56.7 Å². The first-order valence-corrected chi connectivity index (χ1v) is 10.6. The Kier molecular flexibility index (Phi) is 9.02. The number of rotatable bonds is 8. The Labute approximate surface area is 193 Å². The van der Waals surface area contributed by atoms with Gasteiger partial charge < -0.3 is 23.7 Å². The SMILES string of the molecule is CC(=O)OC[C@@H]1S[C@H](Oc2ccccc2[N+](=O)[O-])[C@H](OC(C)=O)[C@@H](OC(C)=O)[C@@H]1OC(C)=O. The van der Waals surface area contributed by atoms with E-state index >= 15 is 0 Å². The number of hydrogen-bond donors (Lipinski definition) is 0. The van der Waals surface area contributed by atoms with Gasteiger partial charge in [0.25, 0.3) is 0 Å². The van der Waals surface area contributed by atoms with Crippen LogP contribution in [0.15, 0.2) is 24.3 Å². The molecule has 0 aliphatic carbocycles. The average Bonchev–Trinajstić information content (AvgIpc) is 2.70. The van der Waals surface area contributed by atoms with E-state index in [-0.39, 0.29) is 18.0 Å². The van der Waals surface area contributed by atoms with Crippen LogP contribution in [0.2, 0.25) is 0 Å². The Morgan fingerprint density at radius 1 is 0.879 bits per heavy atom. The zero-order chi connectivity index (χ0) is 24.7. The maximum atomic E-state index is 11.8. The number of nitro benzene ring substituents is 1. The number of hydrogen-bond acceptors (Lipinski definition) is 12. The fourth-order valence-corrected chi connectivity index (χ4v) is 4.50. The van der Waals surface area contributed by atoms with Gasteiger partial charge in [-0.05, 0) is 6.07 Å². The number of benzene rings is 1. The first-order valence-electron chi connectivity index (χ1n) is 9.70. The van der Waals surface area contributed by atoms with E-state index in [0.717, 1.165) is 32.5 Å². The number of nitro groups is 1. The molecule has 1 fully saturated rings. The van der Waals surface area contributed by atoms with E-state index < -0.39 is 57.8 Å². The third kappa shape index (κ3) is 7.34. The van der Waals surface area contributed by atoms with Crippen LogP contribution in [-0.4, -0.2) is 64.4 Å². The molecule has 1 aromatic carbocycles. The monoisotopic (exact) mass is 485 g/mol. The molecule has 1 aliphatic rings. The van der Waals surface area contributed by atoms with Gasteiger partial charge in [0.1, 0.15) is 6.61 Å². The highest BCUT2D eigenvalue weighted by molar-refractivity contribution is 8.00. The molecule has 1 aromatic rings. The largest absolute Gasteiger partial charge is 0.468 e. The van der Waals surface area contributed by atoms with Crippen LogP contribution in [0.1, 0.15) is 27.7 Å². The molecule has 0 aromatic heterocycles. The predicted octanol–water partition coefficient (Wildman–Crippen LogP) is 1.77. The minimum absolute atomic E-state index is 0.129. The van der Waals surface area contributed by atoms with E-state index in [1.165, 1.54) is 31.2 Å². The highest BCUT2D eigenvalue weighted by Crippen LogP contribution is 2.40. The van der Waals surface area contributed by atoms with Gasteiger partial charge in [0.15, 0.2) is 29.5 Å². The summed E-state index contributed by atoms with van der Waals surface area (Å²) in [6.45, 7) is 4.27. The van der Waals surface area contributed by atoms with Crippen molar-refractivity contribution in [1.29, 1.82) is 0 Å². The molecule has 33 heavy (non-hydrogen) atoms. The lowest BCUT2D eigenvalue weighted by molar-refractivity contribution is -0.386. The Hall–Kier alpha value is -3.35. The van der Waals surface area contributed by atoms with Crippen molar-refractivity contribution in [2.24, 2.45) is 0 Å². The Balaban J connectivity index is 2.51. The van der Waals surface area contributed by atoms with Gasteiger partial charge in [-0.3, -0.25) is 29.3 Å². The molecule has 0 bridgehead atoms. The molecule has 12 nitrogen and oxygen atoms in total. The van der Waals surface area contributed by atoms with Crippen LogP contribution in [0.3, 0.4) is 0 Å². The predicted molar refractivity (Wildman–Crippen MR) is 112 cm³/mol. The highest BCUT2D eigenvalue weighted by atomic mass is 32.2. The maximum Gasteiger partial charge on any atom is 0.310 e. The highest BCUT2D eigenvalue weighted by Gasteiger charge is 2.53. The van der Waals surface area contributed by atoms with Crippen LogP contribution >= 0.6 is 11.8 Å². The summed E-state index contributed by atoms with van der Waals surface area (Å²) < 4.78 is 26.9. The van der Waals surface area contributed by atoms with E-state index in [9.17, 15) is 29.3 Å². The number of esters is 4. The fourth-order valence-electron chi connectivity index (χ4n) is 3.12. The molecule has 1 aliphatic heterocycles. The molecule has 180 valence electrons. The van der Waals surface area contributed by atoms with E-state index in [0.29, 0.717) is 0 Å². The van der Waals surface area contributed by atoms with Gasteiger partial charge in [-0.1, -0.05) is 12.1 Å². The van der Waals surface area contributed by atoms with E-state index in [1.807, 2.05) is 0 Å². The van der Waals surface area contributed by atoms with Crippen molar-refractivity contribution in [2.75, 3.05) is 6.61 Å². The van der Waals surface area contributed by atoms with Crippen LogP contribution in [0.4, 0.5) is 5.69 Å². The van der Waals surface area contributed by atoms with Gasteiger partial charge in [0.05, 0.1) is 10.2 Å². The van der Waals surface area contributed by atoms with Crippen molar-refractivity contribution in [3.8, 4) is 5.75 Å². The van der Waals surface area contributed by atoms with Crippen molar-refractivity contribution < 1.29 is 47.8 Å². The van der Waals surface area contributed by atoms with Crippen molar-refractivity contribution in [3.05, 3.63) is 34.4 Å². The first kappa shape index (κ1) is 25.9. The summed E-state index contributed by atoms with van der Waals surface area (Å²) in [5.41, 5.74) is -1.49. The van der Waals surface area contributed by atoms with E-state index in [2.05, 4.69) is 0 Å². The lowest BCUT2D eigenvalue weighted by Gasteiger charge is -2.43. The van der Waals surface area contributed by atoms with E-state index in [1.54, 1.807) is 0 Å². The van der Waals surface area contributed by atoms with Crippen molar-refractivity contribution >= 4 is 41.3 Å². The normalized spacial score (nSPS) is 24.2. The van der Waals surface area contributed by atoms with Crippen molar-refractivity contribution in [3.63, 3.8) is 0 Å². The minimum atomic E-state index is -1.34. The number of para-hydroxylation sites is 2. The molecule has 1 saturated heterocycles. The van der Waals surface area contributed by atoms with Gasteiger partial charge in [-0.15, -0.1) is 11.8 Å². The minimum Gasteiger partial charge on any atom is -0.468 e. The number of carbonyl (C=O) groups is 4. The lowest BCUT2D eigenvalue weighted by atomic mass is 10.0. The smallest absolute Gasteiger partial charge is 0.310 e. The third-order valence-electron chi connectivity index (χ3n) is 4.25. The zero-order valence-electron chi connectivity index (χ0n) is 18.2. The quantitative estimate of drug-likeness (QED) is 0.228. The molecule has 0 saturated carbocycles. The molecule has 0 spiro atoms. The summed E-state index contributed by atoms with van der Waals surface area (Å²) in [7, 11) is 0. The van der Waals surface area contributed by atoms with Gasteiger partial charge in [-0.25, -0.2) is 0 Å². The Morgan fingerprint density at radius 3 is 1.97 bits per heavy atom. The molecular formula is C20H23NO11S. The third-order valence-corrected chi connectivity index (χ3v) is 5.64. The average molecular weight is 485 g/mol.